The summed E-state index contributed by atoms with van der Waals surface area (Å²) >= 11 is 0. The van der Waals surface area contributed by atoms with E-state index in [1.54, 1.807) is 0 Å². The summed E-state index contributed by atoms with van der Waals surface area (Å²) in [7, 11) is 0. The lowest BCUT2D eigenvalue weighted by Gasteiger charge is -2.33. The van der Waals surface area contributed by atoms with E-state index in [4.69, 9.17) is 5.73 Å². The summed E-state index contributed by atoms with van der Waals surface area (Å²) in [6.07, 6.45) is 6.76. The first-order valence-electron chi connectivity index (χ1n) is 7.59. The van der Waals surface area contributed by atoms with E-state index in [1.807, 2.05) is 4.90 Å². The Balaban J connectivity index is 0.00000324. The predicted molar refractivity (Wildman–Crippen MR) is 83.5 cm³/mol. The molecule has 0 aromatic heterocycles. The van der Waals surface area contributed by atoms with Crippen LogP contribution >= 0.6 is 12.4 Å². The van der Waals surface area contributed by atoms with E-state index in [0.29, 0.717) is 0 Å². The van der Waals surface area contributed by atoms with Crippen molar-refractivity contribution >= 4 is 18.3 Å². The van der Waals surface area contributed by atoms with Gasteiger partial charge < -0.3 is 10.6 Å². The summed E-state index contributed by atoms with van der Waals surface area (Å²) in [6, 6.07) is -0.276. The van der Waals surface area contributed by atoms with Crippen LogP contribution in [0.15, 0.2) is 0 Å². The van der Waals surface area contributed by atoms with Crippen molar-refractivity contribution in [2.24, 2.45) is 17.6 Å². The lowest BCUT2D eigenvalue weighted by atomic mass is 9.89. The highest BCUT2D eigenvalue weighted by molar-refractivity contribution is 5.85. The molecule has 0 aliphatic carbocycles. The largest absolute Gasteiger partial charge is 0.341 e. The monoisotopic (exact) mass is 290 g/mol. The summed E-state index contributed by atoms with van der Waals surface area (Å²) < 4.78 is 0. The fraction of sp³-hybridized carbons (Fsp3) is 0.933. The van der Waals surface area contributed by atoms with Crippen molar-refractivity contribution in [2.75, 3.05) is 13.1 Å². The van der Waals surface area contributed by atoms with Crippen molar-refractivity contribution in [3.05, 3.63) is 0 Å². The molecule has 1 unspecified atom stereocenters. The Morgan fingerprint density at radius 3 is 2.32 bits per heavy atom. The lowest BCUT2D eigenvalue weighted by Crippen LogP contribution is -2.47. The number of likely N-dealkylation sites (tertiary alicyclic amines) is 1. The molecular weight excluding hydrogens is 260 g/mol. The summed E-state index contributed by atoms with van der Waals surface area (Å²) in [5, 5.41) is 0. The molecular formula is C15H31ClN2O. The highest BCUT2D eigenvalue weighted by atomic mass is 35.5. The van der Waals surface area contributed by atoms with E-state index in [0.717, 1.165) is 50.6 Å². The summed E-state index contributed by atoms with van der Waals surface area (Å²) in [6.45, 7) is 8.47. The third kappa shape index (κ3) is 6.62. The van der Waals surface area contributed by atoms with E-state index in [-0.39, 0.29) is 24.4 Å². The summed E-state index contributed by atoms with van der Waals surface area (Å²) in [5.74, 6) is 1.78. The fourth-order valence-corrected chi connectivity index (χ4v) is 2.68. The second kappa shape index (κ2) is 9.60. The third-order valence-electron chi connectivity index (χ3n) is 4.00. The zero-order valence-corrected chi connectivity index (χ0v) is 13.5. The Morgan fingerprint density at radius 2 is 1.84 bits per heavy atom. The minimum absolute atomic E-state index is 0. The number of nitrogens with two attached hydrogens (primary N) is 1. The minimum atomic E-state index is -0.276. The zero-order valence-electron chi connectivity index (χ0n) is 12.7. The Labute approximate surface area is 124 Å². The van der Waals surface area contributed by atoms with Crippen molar-refractivity contribution in [2.45, 2.75) is 65.3 Å². The maximum Gasteiger partial charge on any atom is 0.239 e. The van der Waals surface area contributed by atoms with Gasteiger partial charge in [-0.2, -0.15) is 0 Å². The van der Waals surface area contributed by atoms with E-state index < -0.39 is 0 Å². The van der Waals surface area contributed by atoms with Crippen molar-refractivity contribution in [3.63, 3.8) is 0 Å². The van der Waals surface area contributed by atoms with Crippen molar-refractivity contribution in [1.29, 1.82) is 0 Å². The van der Waals surface area contributed by atoms with Gasteiger partial charge in [0.25, 0.3) is 0 Å². The van der Waals surface area contributed by atoms with E-state index in [1.165, 1.54) is 12.8 Å². The quantitative estimate of drug-likeness (QED) is 0.816. The maximum atomic E-state index is 12.1. The smallest absolute Gasteiger partial charge is 0.239 e. The first-order chi connectivity index (χ1) is 8.54. The van der Waals surface area contributed by atoms with Gasteiger partial charge in [-0.25, -0.2) is 0 Å². The molecule has 1 aliphatic rings. The summed E-state index contributed by atoms with van der Waals surface area (Å²) in [5.41, 5.74) is 5.90. The van der Waals surface area contributed by atoms with E-state index >= 15 is 0 Å². The third-order valence-corrected chi connectivity index (χ3v) is 4.00. The Bertz CT molecular complexity index is 251. The lowest BCUT2D eigenvalue weighted by molar-refractivity contribution is -0.134. The summed E-state index contributed by atoms with van der Waals surface area (Å²) in [4.78, 5) is 14.0. The second-order valence-corrected chi connectivity index (χ2v) is 6.14. The SMILES string of the molecule is CCCC(N)C(=O)N1CCC(CCC(C)C)CC1.Cl. The van der Waals surface area contributed by atoms with E-state index in [9.17, 15) is 4.79 Å². The molecule has 1 rings (SSSR count). The minimum Gasteiger partial charge on any atom is -0.341 e. The molecule has 1 heterocycles. The molecule has 0 bridgehead atoms. The van der Waals surface area contributed by atoms with Gasteiger partial charge in [0.2, 0.25) is 5.91 Å². The number of piperidine rings is 1. The van der Waals surface area contributed by atoms with Crippen LogP contribution in [-0.4, -0.2) is 29.9 Å². The normalized spacial score (nSPS) is 18.3. The molecule has 0 aromatic rings. The molecule has 0 aromatic carbocycles. The van der Waals surface area contributed by atoms with Gasteiger partial charge in [-0.05, 0) is 31.1 Å². The first kappa shape index (κ1) is 18.7. The van der Waals surface area contributed by atoms with Crippen LogP contribution in [0.3, 0.4) is 0 Å². The highest BCUT2D eigenvalue weighted by Gasteiger charge is 2.25. The van der Waals surface area contributed by atoms with E-state index in [2.05, 4.69) is 20.8 Å². The van der Waals surface area contributed by atoms with Crippen LogP contribution in [-0.2, 0) is 4.79 Å². The molecule has 1 fully saturated rings. The molecule has 114 valence electrons. The van der Waals surface area contributed by atoms with Crippen molar-refractivity contribution in [1.82, 2.24) is 4.90 Å². The molecule has 1 atom stereocenters. The Kier molecular flexibility index (Phi) is 9.46. The standard InChI is InChI=1S/C15H30N2O.ClH/c1-4-5-14(16)15(18)17-10-8-13(9-11-17)7-6-12(2)3;/h12-14H,4-11,16H2,1-3H3;1H. The maximum absolute atomic E-state index is 12.1. The van der Waals surface area contributed by atoms with Crippen molar-refractivity contribution in [3.8, 4) is 0 Å². The molecule has 2 N–H and O–H groups in total. The number of amides is 1. The molecule has 0 saturated carbocycles. The van der Waals surface area contributed by atoms with Crippen LogP contribution in [0.4, 0.5) is 0 Å². The Morgan fingerprint density at radius 1 is 1.26 bits per heavy atom. The number of nitrogens with zero attached hydrogens (tertiary/aromatic N) is 1. The molecule has 1 amide bonds. The molecule has 0 spiro atoms. The highest BCUT2D eigenvalue weighted by Crippen LogP contribution is 2.24. The zero-order chi connectivity index (χ0) is 13.5. The number of halogens is 1. The van der Waals surface area contributed by atoms with Gasteiger partial charge >= 0.3 is 0 Å². The van der Waals surface area contributed by atoms with Crippen LogP contribution in [0.1, 0.15) is 59.3 Å². The van der Waals surface area contributed by atoms with Crippen LogP contribution in [0.2, 0.25) is 0 Å². The average molecular weight is 291 g/mol. The number of hydrogen-bond donors (Lipinski definition) is 1. The van der Waals surface area contributed by atoms with Gasteiger partial charge in [-0.15, -0.1) is 12.4 Å². The number of rotatable bonds is 6. The van der Waals surface area contributed by atoms with Gasteiger partial charge in [0, 0.05) is 13.1 Å². The van der Waals surface area contributed by atoms with Gasteiger partial charge in [0.05, 0.1) is 6.04 Å². The molecule has 4 heteroatoms. The molecule has 1 aliphatic heterocycles. The fourth-order valence-electron chi connectivity index (χ4n) is 2.68. The number of hydrogen-bond acceptors (Lipinski definition) is 2. The van der Waals surface area contributed by atoms with Crippen LogP contribution in [0, 0.1) is 11.8 Å². The first-order valence-corrected chi connectivity index (χ1v) is 7.59. The van der Waals surface area contributed by atoms with Crippen molar-refractivity contribution < 1.29 is 4.79 Å². The number of carbonyl (C=O) groups excluding carboxylic acids is 1. The Hall–Kier alpha value is -0.280. The van der Waals surface area contributed by atoms with Crippen LogP contribution in [0.5, 0.6) is 0 Å². The average Bonchev–Trinajstić information content (AvgIpc) is 2.36. The molecule has 1 saturated heterocycles. The second-order valence-electron chi connectivity index (χ2n) is 6.14. The molecule has 3 nitrogen and oxygen atoms in total. The topological polar surface area (TPSA) is 46.3 Å². The van der Waals surface area contributed by atoms with Gasteiger partial charge in [-0.3, -0.25) is 4.79 Å². The molecule has 0 radical (unpaired) electrons. The van der Waals surface area contributed by atoms with Gasteiger partial charge in [-0.1, -0.05) is 40.0 Å². The molecule has 19 heavy (non-hydrogen) atoms. The van der Waals surface area contributed by atoms with Crippen LogP contribution in [0.25, 0.3) is 0 Å². The van der Waals surface area contributed by atoms with Gasteiger partial charge in [0.15, 0.2) is 0 Å². The number of carbonyl (C=O) groups is 1. The van der Waals surface area contributed by atoms with Crippen LogP contribution < -0.4 is 5.73 Å². The van der Waals surface area contributed by atoms with Gasteiger partial charge in [0.1, 0.15) is 0 Å². The predicted octanol–water partition coefficient (Wildman–Crippen LogP) is 3.21.